The summed E-state index contributed by atoms with van der Waals surface area (Å²) >= 11 is 0. The normalized spacial score (nSPS) is 20.0. The van der Waals surface area contributed by atoms with Crippen molar-refractivity contribution in [2.45, 2.75) is 65.3 Å². The molecule has 1 aliphatic heterocycles. The number of benzene rings is 1. The van der Waals surface area contributed by atoms with Crippen molar-refractivity contribution in [3.63, 3.8) is 0 Å². The number of nitrogens with zero attached hydrogens (tertiary/aromatic N) is 2. The topological polar surface area (TPSA) is 23.6 Å². The molecule has 1 aliphatic carbocycles. The van der Waals surface area contributed by atoms with Gasteiger partial charge in [0.2, 0.25) is 5.91 Å². The third-order valence-corrected chi connectivity index (χ3v) is 6.16. The van der Waals surface area contributed by atoms with E-state index in [0.29, 0.717) is 5.91 Å². The lowest BCUT2D eigenvalue weighted by Gasteiger charge is -2.23. The van der Waals surface area contributed by atoms with Crippen molar-refractivity contribution in [1.82, 2.24) is 9.80 Å². The zero-order chi connectivity index (χ0) is 17.6. The number of carbonyl (C=O) groups is 1. The molecule has 0 N–H and O–H groups in total. The number of amides is 1. The van der Waals surface area contributed by atoms with Crippen LogP contribution in [0.3, 0.4) is 0 Å². The van der Waals surface area contributed by atoms with Crippen LogP contribution < -0.4 is 0 Å². The van der Waals surface area contributed by atoms with Gasteiger partial charge >= 0.3 is 0 Å². The molecule has 1 heterocycles. The van der Waals surface area contributed by atoms with Crippen LogP contribution in [-0.2, 0) is 11.3 Å². The van der Waals surface area contributed by atoms with E-state index < -0.39 is 0 Å². The highest BCUT2D eigenvalue weighted by Crippen LogP contribution is 2.28. The first-order chi connectivity index (χ1) is 12.1. The monoisotopic (exact) mass is 342 g/mol. The maximum absolute atomic E-state index is 12.6. The van der Waals surface area contributed by atoms with Crippen molar-refractivity contribution in [3.05, 3.63) is 34.9 Å². The van der Waals surface area contributed by atoms with E-state index in [1.54, 1.807) is 0 Å². The molecular formula is C22H34N2O. The first-order valence-corrected chi connectivity index (χ1v) is 10.2. The van der Waals surface area contributed by atoms with Crippen LogP contribution in [0.1, 0.15) is 61.6 Å². The van der Waals surface area contributed by atoms with E-state index in [4.69, 9.17) is 0 Å². The minimum absolute atomic E-state index is 0.389. The van der Waals surface area contributed by atoms with Gasteiger partial charge in [0.1, 0.15) is 0 Å². The van der Waals surface area contributed by atoms with Gasteiger partial charge in [0.05, 0.1) is 0 Å². The van der Waals surface area contributed by atoms with Crippen LogP contribution in [0, 0.1) is 19.8 Å². The van der Waals surface area contributed by atoms with Gasteiger partial charge in [-0.15, -0.1) is 0 Å². The summed E-state index contributed by atoms with van der Waals surface area (Å²) in [5.74, 6) is 1.21. The van der Waals surface area contributed by atoms with Gasteiger partial charge in [-0.3, -0.25) is 9.69 Å². The molecule has 0 atom stereocenters. The SMILES string of the molecule is Cc1ccc(CN2CCCN(C(=O)CCC3CCCC3)CC2)cc1C. The van der Waals surface area contributed by atoms with Gasteiger partial charge in [0.25, 0.3) is 0 Å². The summed E-state index contributed by atoms with van der Waals surface area (Å²) in [6, 6.07) is 6.78. The van der Waals surface area contributed by atoms with Gasteiger partial charge < -0.3 is 4.90 Å². The molecular weight excluding hydrogens is 308 g/mol. The molecule has 3 rings (SSSR count). The number of rotatable bonds is 5. The summed E-state index contributed by atoms with van der Waals surface area (Å²) in [6.45, 7) is 9.29. The first-order valence-electron chi connectivity index (χ1n) is 10.2. The summed E-state index contributed by atoms with van der Waals surface area (Å²) in [4.78, 5) is 17.2. The number of aryl methyl sites for hydroxylation is 2. The summed E-state index contributed by atoms with van der Waals surface area (Å²) in [5, 5.41) is 0. The van der Waals surface area contributed by atoms with Crippen molar-refractivity contribution in [2.75, 3.05) is 26.2 Å². The van der Waals surface area contributed by atoms with E-state index in [2.05, 4.69) is 41.8 Å². The molecule has 1 saturated carbocycles. The molecule has 0 unspecified atom stereocenters. The third kappa shape index (κ3) is 5.31. The Kier molecular flexibility index (Phi) is 6.52. The summed E-state index contributed by atoms with van der Waals surface area (Å²) in [7, 11) is 0. The lowest BCUT2D eigenvalue weighted by atomic mass is 10.0. The van der Waals surface area contributed by atoms with Gasteiger partial charge in [0, 0.05) is 39.1 Å². The van der Waals surface area contributed by atoms with Crippen molar-refractivity contribution in [3.8, 4) is 0 Å². The molecule has 3 heteroatoms. The second-order valence-electron chi connectivity index (χ2n) is 8.12. The Morgan fingerprint density at radius 3 is 2.56 bits per heavy atom. The lowest BCUT2D eigenvalue weighted by molar-refractivity contribution is -0.131. The van der Waals surface area contributed by atoms with E-state index >= 15 is 0 Å². The lowest BCUT2D eigenvalue weighted by Crippen LogP contribution is -2.35. The molecule has 0 bridgehead atoms. The van der Waals surface area contributed by atoms with Crippen molar-refractivity contribution in [2.24, 2.45) is 5.92 Å². The molecule has 0 aromatic heterocycles. The van der Waals surface area contributed by atoms with Crippen LogP contribution in [-0.4, -0.2) is 41.9 Å². The van der Waals surface area contributed by atoms with Crippen LogP contribution in [0.15, 0.2) is 18.2 Å². The van der Waals surface area contributed by atoms with E-state index in [1.165, 1.54) is 42.4 Å². The highest BCUT2D eigenvalue weighted by Gasteiger charge is 2.21. The maximum atomic E-state index is 12.6. The molecule has 0 radical (unpaired) electrons. The second kappa shape index (κ2) is 8.84. The molecule has 1 amide bonds. The molecule has 2 aliphatic rings. The van der Waals surface area contributed by atoms with Crippen LogP contribution >= 0.6 is 0 Å². The standard InChI is InChI=1S/C22H34N2O/c1-18-8-9-21(16-19(18)2)17-23-12-5-13-24(15-14-23)22(25)11-10-20-6-3-4-7-20/h8-9,16,20H,3-7,10-15,17H2,1-2H3. The highest BCUT2D eigenvalue weighted by molar-refractivity contribution is 5.76. The van der Waals surface area contributed by atoms with Gasteiger partial charge in [-0.2, -0.15) is 0 Å². The predicted molar refractivity (Wildman–Crippen MR) is 104 cm³/mol. The van der Waals surface area contributed by atoms with Crippen molar-refractivity contribution < 1.29 is 4.79 Å². The van der Waals surface area contributed by atoms with Gasteiger partial charge in [-0.25, -0.2) is 0 Å². The van der Waals surface area contributed by atoms with Crippen LogP contribution in [0.5, 0.6) is 0 Å². The summed E-state index contributed by atoms with van der Waals surface area (Å²) in [5.41, 5.74) is 4.12. The molecule has 1 aromatic rings. The Labute approximate surface area is 153 Å². The van der Waals surface area contributed by atoms with Crippen molar-refractivity contribution in [1.29, 1.82) is 0 Å². The Balaban J connectivity index is 1.46. The Hall–Kier alpha value is -1.35. The maximum Gasteiger partial charge on any atom is 0.222 e. The van der Waals surface area contributed by atoms with Gasteiger partial charge in [-0.05, 0) is 49.3 Å². The van der Waals surface area contributed by atoms with E-state index in [-0.39, 0.29) is 0 Å². The number of carbonyl (C=O) groups excluding carboxylic acids is 1. The average molecular weight is 343 g/mol. The first kappa shape index (κ1) is 18.4. The van der Waals surface area contributed by atoms with E-state index in [9.17, 15) is 4.79 Å². The fourth-order valence-electron chi connectivity index (χ4n) is 4.32. The quantitative estimate of drug-likeness (QED) is 0.796. The second-order valence-corrected chi connectivity index (χ2v) is 8.12. The molecule has 1 aromatic carbocycles. The predicted octanol–water partition coefficient (Wildman–Crippen LogP) is 4.31. The Morgan fingerprint density at radius 2 is 1.80 bits per heavy atom. The van der Waals surface area contributed by atoms with Gasteiger partial charge in [0.15, 0.2) is 0 Å². The van der Waals surface area contributed by atoms with Crippen LogP contribution in [0.4, 0.5) is 0 Å². The fraction of sp³-hybridized carbons (Fsp3) is 0.682. The van der Waals surface area contributed by atoms with Crippen molar-refractivity contribution >= 4 is 5.91 Å². The summed E-state index contributed by atoms with van der Waals surface area (Å²) in [6.07, 6.45) is 8.41. The summed E-state index contributed by atoms with van der Waals surface area (Å²) < 4.78 is 0. The Morgan fingerprint density at radius 1 is 1.00 bits per heavy atom. The molecule has 0 spiro atoms. The highest BCUT2D eigenvalue weighted by atomic mass is 16.2. The number of hydrogen-bond acceptors (Lipinski definition) is 2. The smallest absolute Gasteiger partial charge is 0.222 e. The molecule has 138 valence electrons. The largest absolute Gasteiger partial charge is 0.341 e. The van der Waals surface area contributed by atoms with Gasteiger partial charge in [-0.1, -0.05) is 43.9 Å². The fourth-order valence-corrected chi connectivity index (χ4v) is 4.32. The third-order valence-electron chi connectivity index (χ3n) is 6.16. The molecule has 2 fully saturated rings. The minimum Gasteiger partial charge on any atom is -0.341 e. The zero-order valence-corrected chi connectivity index (χ0v) is 16.1. The molecule has 25 heavy (non-hydrogen) atoms. The molecule has 1 saturated heterocycles. The van der Waals surface area contributed by atoms with Crippen LogP contribution in [0.25, 0.3) is 0 Å². The minimum atomic E-state index is 0.389. The molecule has 3 nitrogen and oxygen atoms in total. The Bertz CT molecular complexity index is 577. The number of hydrogen-bond donors (Lipinski definition) is 0. The van der Waals surface area contributed by atoms with E-state index in [1.807, 2.05) is 0 Å². The van der Waals surface area contributed by atoms with E-state index in [0.717, 1.165) is 57.9 Å². The average Bonchev–Trinajstić information content (AvgIpc) is 3.01. The zero-order valence-electron chi connectivity index (χ0n) is 16.1. The van der Waals surface area contributed by atoms with Crippen LogP contribution in [0.2, 0.25) is 0 Å².